The maximum atomic E-state index is 12.3. The molecule has 0 radical (unpaired) electrons. The van der Waals surface area contributed by atoms with E-state index in [4.69, 9.17) is 0 Å². The van der Waals surface area contributed by atoms with Crippen LogP contribution in [0.1, 0.15) is 182 Å². The van der Waals surface area contributed by atoms with Crippen molar-refractivity contribution in [2.24, 2.45) is 11.8 Å². The van der Waals surface area contributed by atoms with Crippen LogP contribution in [0.4, 0.5) is 0 Å². The highest BCUT2D eigenvalue weighted by atomic mass is 16.3. The zero-order valence-corrected chi connectivity index (χ0v) is 55.5. The lowest BCUT2D eigenvalue weighted by molar-refractivity contribution is 0.183. The lowest BCUT2D eigenvalue weighted by Crippen LogP contribution is -2.30. The monoisotopic (exact) mass is 1190 g/mol. The fraction of sp³-hybridized carbons (Fsp3) is 0.349. The molecule has 0 saturated carbocycles. The summed E-state index contributed by atoms with van der Waals surface area (Å²) in [5.41, 5.74) is 29.2. The molecule has 0 heterocycles. The molecule has 4 atom stereocenters. The molecule has 0 amide bonds. The topological polar surface area (TPSA) is 121 Å². The highest BCUT2D eigenvalue weighted by Crippen LogP contribution is 2.49. The largest absolute Gasteiger partial charge is 0.512 e. The van der Waals surface area contributed by atoms with Gasteiger partial charge in [0.05, 0.1) is 11.9 Å². The maximum absolute atomic E-state index is 12.3. The van der Waals surface area contributed by atoms with E-state index in [1.807, 2.05) is 77.1 Å². The van der Waals surface area contributed by atoms with Gasteiger partial charge in [-0.05, 0) is 267 Å². The number of aliphatic hydroxyl groups is 2. The molecule has 89 heavy (non-hydrogen) atoms. The van der Waals surface area contributed by atoms with E-state index in [-0.39, 0.29) is 17.6 Å². The molecule has 0 aromatic heterocycles. The number of rotatable bonds is 17. The molecule has 6 heteroatoms. The summed E-state index contributed by atoms with van der Waals surface area (Å²) in [6, 6.07) is 33.2. The molecule has 6 nitrogen and oxygen atoms in total. The van der Waals surface area contributed by atoms with Gasteiger partial charge in [0.15, 0.2) is 0 Å². The lowest BCUT2D eigenvalue weighted by Gasteiger charge is -2.39. The third-order valence-electron chi connectivity index (χ3n) is 20.8. The molecule has 3 aliphatic rings. The van der Waals surface area contributed by atoms with E-state index in [1.165, 1.54) is 89.1 Å². The van der Waals surface area contributed by atoms with Crippen LogP contribution < -0.4 is 0 Å². The summed E-state index contributed by atoms with van der Waals surface area (Å²) >= 11 is 0. The average molecular weight is 1190 g/mol. The highest BCUT2D eigenvalue weighted by molar-refractivity contribution is 5.60. The number of hydrogen-bond acceptors (Lipinski definition) is 6. The van der Waals surface area contributed by atoms with Crippen molar-refractivity contribution in [1.29, 1.82) is 0 Å². The molecule has 0 spiro atoms. The Morgan fingerprint density at radius 3 is 1.35 bits per heavy atom. The molecule has 7 aromatic carbocycles. The van der Waals surface area contributed by atoms with Gasteiger partial charge in [-0.15, -0.1) is 0 Å². The Kier molecular flexibility index (Phi) is 18.3. The van der Waals surface area contributed by atoms with Crippen LogP contribution in [0.15, 0.2) is 162 Å². The number of aryl methyl sites for hydroxylation is 7. The summed E-state index contributed by atoms with van der Waals surface area (Å²) in [4.78, 5) is 0. The first kappa shape index (κ1) is 63.9. The van der Waals surface area contributed by atoms with Crippen molar-refractivity contribution in [2.45, 2.75) is 179 Å². The van der Waals surface area contributed by atoms with Crippen LogP contribution in [0.25, 0.3) is 0 Å². The fourth-order valence-corrected chi connectivity index (χ4v) is 14.4. The van der Waals surface area contributed by atoms with Crippen molar-refractivity contribution in [3.05, 3.63) is 290 Å². The summed E-state index contributed by atoms with van der Waals surface area (Å²) in [6.07, 6.45) is 20.9. The minimum atomic E-state index is -0.642. The number of phenols is 4. The zero-order valence-electron chi connectivity index (χ0n) is 55.5. The third-order valence-corrected chi connectivity index (χ3v) is 20.8. The summed E-state index contributed by atoms with van der Waals surface area (Å²) in [5, 5.41) is 66.3. The van der Waals surface area contributed by atoms with Crippen molar-refractivity contribution < 1.29 is 30.6 Å². The van der Waals surface area contributed by atoms with Gasteiger partial charge < -0.3 is 30.6 Å². The summed E-state index contributed by atoms with van der Waals surface area (Å²) in [6.45, 7) is 32.2. The smallest absolute Gasteiger partial charge is 0.122 e. The van der Waals surface area contributed by atoms with Crippen LogP contribution >= 0.6 is 0 Å². The first-order chi connectivity index (χ1) is 42.1. The van der Waals surface area contributed by atoms with E-state index >= 15 is 0 Å². The van der Waals surface area contributed by atoms with Gasteiger partial charge in [0.25, 0.3) is 0 Å². The first-order valence-corrected chi connectivity index (χ1v) is 32.2. The molecule has 0 aliphatic heterocycles. The molecular formula is C83H94O6. The van der Waals surface area contributed by atoms with Gasteiger partial charge in [-0.3, -0.25) is 0 Å². The van der Waals surface area contributed by atoms with Crippen LogP contribution in [-0.4, -0.2) is 36.7 Å². The van der Waals surface area contributed by atoms with Crippen LogP contribution in [0, 0.1) is 81.1 Å². The fourth-order valence-electron chi connectivity index (χ4n) is 14.4. The summed E-state index contributed by atoms with van der Waals surface area (Å²) < 4.78 is 0. The predicted molar refractivity (Wildman–Crippen MR) is 368 cm³/mol. The summed E-state index contributed by atoms with van der Waals surface area (Å²) in [7, 11) is 0. The Labute approximate surface area is 530 Å². The highest BCUT2D eigenvalue weighted by Gasteiger charge is 2.38. The minimum Gasteiger partial charge on any atom is -0.512 e. The Balaban J connectivity index is 1.18. The second-order valence-electron chi connectivity index (χ2n) is 27.8. The minimum absolute atomic E-state index is 0.00297. The Morgan fingerprint density at radius 2 is 0.865 bits per heavy atom. The van der Waals surface area contributed by atoms with Crippen molar-refractivity contribution in [3.63, 3.8) is 0 Å². The van der Waals surface area contributed by atoms with Gasteiger partial charge in [0, 0.05) is 35.5 Å². The maximum Gasteiger partial charge on any atom is 0.122 e. The van der Waals surface area contributed by atoms with Gasteiger partial charge in [0.1, 0.15) is 23.0 Å². The number of hydrogen-bond donors (Lipinski definition) is 6. The van der Waals surface area contributed by atoms with Gasteiger partial charge in [-0.1, -0.05) is 166 Å². The van der Waals surface area contributed by atoms with Crippen molar-refractivity contribution in [3.8, 4) is 23.0 Å². The van der Waals surface area contributed by atoms with Gasteiger partial charge in [-0.2, -0.15) is 0 Å². The quantitative estimate of drug-likeness (QED) is 0.0540. The van der Waals surface area contributed by atoms with Crippen molar-refractivity contribution in [2.75, 3.05) is 0 Å². The van der Waals surface area contributed by atoms with E-state index in [2.05, 4.69) is 160 Å². The molecule has 3 aliphatic carbocycles. The Hall–Kier alpha value is -8.06. The second kappa shape index (κ2) is 25.4. The van der Waals surface area contributed by atoms with E-state index in [0.717, 1.165) is 99.7 Å². The zero-order chi connectivity index (χ0) is 64.1. The molecule has 462 valence electrons. The Bertz CT molecular complexity index is 4000. The number of benzene rings is 7. The number of phenolic OH excluding ortho intramolecular Hbond substituents is 4. The van der Waals surface area contributed by atoms with Crippen LogP contribution in [0.2, 0.25) is 0 Å². The van der Waals surface area contributed by atoms with E-state index in [1.54, 1.807) is 0 Å². The standard InChI is InChI=1S/C83H94O6/c1-47-26-62(27-48(2)56(47)10)38-68-44-75(43-67(58(68)12)37-61-18-25-78(86)51(5)30-61)83(15,74-41-65(35-59-16-23-76(84)49(3)28-59)57(11)66(42-74)36-60-17-24-77(85)50(4)29-60)72-21-19-71(20-22-72)82(13,14)73-45-69(39-63-31-52(6)79(87)53(7)32-63)81(89)70(46-73)40-64-33-54(8)80(88)55(9)34-64/h16-19,21,23-28,30-34,41-46,50-51,78,84-89H,20,22,29,35-40H2,1-15H3. The summed E-state index contributed by atoms with van der Waals surface area (Å²) in [5.74, 6) is 1.60. The van der Waals surface area contributed by atoms with Crippen molar-refractivity contribution in [1.82, 2.24) is 0 Å². The first-order valence-electron chi connectivity index (χ1n) is 32.2. The van der Waals surface area contributed by atoms with Gasteiger partial charge >= 0.3 is 0 Å². The molecule has 0 fully saturated rings. The van der Waals surface area contributed by atoms with Crippen LogP contribution in [0.3, 0.4) is 0 Å². The molecule has 10 rings (SSSR count). The van der Waals surface area contributed by atoms with Crippen LogP contribution in [-0.2, 0) is 49.4 Å². The number of aliphatic hydroxyl groups excluding tert-OH is 2. The van der Waals surface area contributed by atoms with E-state index < -0.39 is 16.9 Å². The van der Waals surface area contributed by atoms with Crippen LogP contribution in [0.5, 0.6) is 23.0 Å². The van der Waals surface area contributed by atoms with E-state index in [9.17, 15) is 30.6 Å². The molecule has 4 unspecified atom stereocenters. The van der Waals surface area contributed by atoms with Gasteiger partial charge in [0.2, 0.25) is 0 Å². The van der Waals surface area contributed by atoms with Gasteiger partial charge in [-0.25, -0.2) is 0 Å². The van der Waals surface area contributed by atoms with E-state index in [0.29, 0.717) is 42.3 Å². The molecule has 7 aromatic rings. The molecule has 0 saturated heterocycles. The number of allylic oxidation sites excluding steroid dienone is 10. The molecular weight excluding hydrogens is 1090 g/mol. The van der Waals surface area contributed by atoms with Crippen molar-refractivity contribution >= 4 is 0 Å². The lowest BCUT2D eigenvalue weighted by atomic mass is 9.64. The molecule has 6 N–H and O–H groups in total. The third kappa shape index (κ3) is 13.3. The predicted octanol–water partition coefficient (Wildman–Crippen LogP) is 18.9. The number of aromatic hydroxyl groups is 4. The average Bonchev–Trinajstić information content (AvgIpc) is 0.844. The molecule has 0 bridgehead atoms. The Morgan fingerprint density at radius 1 is 0.427 bits per heavy atom. The second-order valence-corrected chi connectivity index (χ2v) is 27.8. The normalized spacial score (nSPS) is 17.6. The SMILES string of the molecule is Cc1cc(Cc2cc(C(C)(C3=CC=C(C(C)(C)c4cc(Cc5cc(C)c(O)c(C)c5)c(O)c(Cc5cc(C)c(O)c(C)c5)c4)CC3)c3cc(CC4=CC(C)C(O)C=C4)c(C)c(Cc4cc(C)c(C)c(C)c4)c3)cc(CC3=CC=C(O)C(C)C3)c2C)ccc1O.